The molecule has 0 aromatic heterocycles. The Hall–Kier alpha value is -2.12. The highest BCUT2D eigenvalue weighted by atomic mass is 79.9. The number of amides is 1. The maximum Gasteiger partial charge on any atom is 0.220 e. The minimum Gasteiger partial charge on any atom is -0.352 e. The van der Waals surface area contributed by atoms with E-state index in [1.165, 1.54) is 0 Å². The maximum absolute atomic E-state index is 11.8. The van der Waals surface area contributed by atoms with E-state index in [1.54, 1.807) is 12.1 Å². The molecule has 0 saturated heterocycles. The van der Waals surface area contributed by atoms with Gasteiger partial charge in [0.15, 0.2) is 0 Å². The van der Waals surface area contributed by atoms with Crippen LogP contribution in [0.25, 0.3) is 0 Å². The Kier molecular flexibility index (Phi) is 5.53. The molecule has 1 amide bonds. The van der Waals surface area contributed by atoms with Crippen molar-refractivity contribution in [2.45, 2.75) is 19.4 Å². The van der Waals surface area contributed by atoms with Gasteiger partial charge >= 0.3 is 0 Å². The van der Waals surface area contributed by atoms with E-state index in [0.29, 0.717) is 24.9 Å². The number of hydrogen-bond acceptors (Lipinski definition) is 2. The molecule has 21 heavy (non-hydrogen) atoms. The molecule has 0 atom stereocenters. The summed E-state index contributed by atoms with van der Waals surface area (Å²) in [5.41, 5.74) is 2.67. The van der Waals surface area contributed by atoms with Crippen molar-refractivity contribution in [3.05, 3.63) is 69.7 Å². The summed E-state index contributed by atoms with van der Waals surface area (Å²) in [6.07, 6.45) is 1.16. The molecule has 0 aliphatic carbocycles. The Balaban J connectivity index is 1.81. The molecule has 4 heteroatoms. The van der Waals surface area contributed by atoms with E-state index in [9.17, 15) is 4.79 Å². The van der Waals surface area contributed by atoms with Crippen molar-refractivity contribution in [2.24, 2.45) is 0 Å². The van der Waals surface area contributed by atoms with Gasteiger partial charge < -0.3 is 5.32 Å². The molecule has 106 valence electrons. The van der Waals surface area contributed by atoms with Crippen LogP contribution in [0.5, 0.6) is 0 Å². The molecule has 2 aromatic rings. The molecule has 1 N–H and O–H groups in total. The SMILES string of the molecule is N#Cc1cccc(CNC(=O)CCc2cccc(Br)c2)c1. The van der Waals surface area contributed by atoms with Crippen LogP contribution < -0.4 is 5.32 Å². The van der Waals surface area contributed by atoms with E-state index in [4.69, 9.17) is 5.26 Å². The van der Waals surface area contributed by atoms with Gasteiger partial charge in [0.2, 0.25) is 5.91 Å². The molecular weight excluding hydrogens is 328 g/mol. The molecule has 0 fully saturated rings. The van der Waals surface area contributed by atoms with Crippen molar-refractivity contribution < 1.29 is 4.79 Å². The quantitative estimate of drug-likeness (QED) is 0.902. The Morgan fingerprint density at radius 1 is 1.14 bits per heavy atom. The summed E-state index contributed by atoms with van der Waals surface area (Å²) in [5, 5.41) is 11.7. The number of halogens is 1. The molecule has 0 bridgehead atoms. The van der Waals surface area contributed by atoms with E-state index in [0.717, 1.165) is 15.6 Å². The minimum atomic E-state index is 0.0114. The summed E-state index contributed by atoms with van der Waals surface area (Å²) < 4.78 is 1.02. The van der Waals surface area contributed by atoms with Crippen molar-refractivity contribution in [1.29, 1.82) is 5.26 Å². The predicted molar refractivity (Wildman–Crippen MR) is 85.5 cm³/mol. The summed E-state index contributed by atoms with van der Waals surface area (Å²) in [6.45, 7) is 0.451. The third kappa shape index (κ3) is 5.05. The number of carbonyl (C=O) groups is 1. The smallest absolute Gasteiger partial charge is 0.220 e. The van der Waals surface area contributed by atoms with Crippen LogP contribution in [0.1, 0.15) is 23.1 Å². The second-order valence-electron chi connectivity index (χ2n) is 4.72. The molecular formula is C17H15BrN2O. The predicted octanol–water partition coefficient (Wildman–Crippen LogP) is 3.57. The van der Waals surface area contributed by atoms with Gasteiger partial charge in [-0.25, -0.2) is 0 Å². The first-order valence-corrected chi connectivity index (χ1v) is 7.47. The highest BCUT2D eigenvalue weighted by molar-refractivity contribution is 9.10. The van der Waals surface area contributed by atoms with Crippen LogP contribution >= 0.6 is 15.9 Å². The average Bonchev–Trinajstić information content (AvgIpc) is 2.51. The lowest BCUT2D eigenvalue weighted by molar-refractivity contribution is -0.121. The van der Waals surface area contributed by atoms with E-state index in [1.807, 2.05) is 36.4 Å². The zero-order valence-corrected chi connectivity index (χ0v) is 13.1. The lowest BCUT2D eigenvalue weighted by atomic mass is 10.1. The lowest BCUT2D eigenvalue weighted by Crippen LogP contribution is -2.23. The summed E-state index contributed by atoms with van der Waals surface area (Å²) in [4.78, 5) is 11.8. The zero-order valence-electron chi connectivity index (χ0n) is 11.5. The van der Waals surface area contributed by atoms with Crippen molar-refractivity contribution in [1.82, 2.24) is 5.32 Å². The van der Waals surface area contributed by atoms with Gasteiger partial charge in [-0.15, -0.1) is 0 Å². The first-order valence-electron chi connectivity index (χ1n) is 6.67. The fraction of sp³-hybridized carbons (Fsp3) is 0.176. The number of hydrogen-bond donors (Lipinski definition) is 1. The molecule has 2 rings (SSSR count). The summed E-state index contributed by atoms with van der Waals surface area (Å²) in [5.74, 6) is 0.0114. The molecule has 2 aromatic carbocycles. The van der Waals surface area contributed by atoms with Gasteiger partial charge in [0.05, 0.1) is 11.6 Å². The van der Waals surface area contributed by atoms with E-state index in [2.05, 4.69) is 27.3 Å². The lowest BCUT2D eigenvalue weighted by Gasteiger charge is -2.06. The van der Waals surface area contributed by atoms with Crippen molar-refractivity contribution >= 4 is 21.8 Å². The summed E-state index contributed by atoms with van der Waals surface area (Å²) in [7, 11) is 0. The third-order valence-electron chi connectivity index (χ3n) is 3.08. The molecule has 0 aliphatic rings. The van der Waals surface area contributed by atoms with Gasteiger partial charge in [0.25, 0.3) is 0 Å². The topological polar surface area (TPSA) is 52.9 Å². The first-order chi connectivity index (χ1) is 10.2. The fourth-order valence-corrected chi connectivity index (χ4v) is 2.44. The number of aryl methyl sites for hydroxylation is 1. The number of rotatable bonds is 5. The van der Waals surface area contributed by atoms with Crippen LogP contribution in [0, 0.1) is 11.3 Å². The van der Waals surface area contributed by atoms with Gasteiger partial charge in [0, 0.05) is 17.4 Å². The van der Waals surface area contributed by atoms with Gasteiger partial charge in [0.1, 0.15) is 0 Å². The Bertz CT molecular complexity index is 676. The van der Waals surface area contributed by atoms with Crippen LogP contribution in [0.3, 0.4) is 0 Å². The van der Waals surface area contributed by atoms with Crippen molar-refractivity contribution in [2.75, 3.05) is 0 Å². The average molecular weight is 343 g/mol. The summed E-state index contributed by atoms with van der Waals surface area (Å²) >= 11 is 3.42. The van der Waals surface area contributed by atoms with E-state index >= 15 is 0 Å². The van der Waals surface area contributed by atoms with Gasteiger partial charge in [-0.2, -0.15) is 5.26 Å². The Labute approximate surface area is 132 Å². The third-order valence-corrected chi connectivity index (χ3v) is 3.57. The van der Waals surface area contributed by atoms with Crippen LogP contribution in [0.2, 0.25) is 0 Å². The number of benzene rings is 2. The van der Waals surface area contributed by atoms with Gasteiger partial charge in [-0.05, 0) is 41.8 Å². The zero-order chi connectivity index (χ0) is 15.1. The number of nitrogens with one attached hydrogen (secondary N) is 1. The second-order valence-corrected chi connectivity index (χ2v) is 5.63. The molecule has 0 saturated carbocycles. The van der Waals surface area contributed by atoms with E-state index in [-0.39, 0.29) is 5.91 Å². The largest absolute Gasteiger partial charge is 0.352 e. The highest BCUT2D eigenvalue weighted by Gasteiger charge is 2.03. The molecule has 0 radical (unpaired) electrons. The van der Waals surface area contributed by atoms with Gasteiger partial charge in [-0.3, -0.25) is 4.79 Å². The van der Waals surface area contributed by atoms with Gasteiger partial charge in [-0.1, -0.05) is 40.2 Å². The van der Waals surface area contributed by atoms with Crippen LogP contribution in [0.15, 0.2) is 53.0 Å². The molecule has 0 aliphatic heterocycles. The normalized spacial score (nSPS) is 9.90. The first kappa shape index (κ1) is 15.3. The number of nitrogens with zero attached hydrogens (tertiary/aromatic N) is 1. The van der Waals surface area contributed by atoms with Crippen molar-refractivity contribution in [3.8, 4) is 6.07 Å². The molecule has 3 nitrogen and oxygen atoms in total. The fourth-order valence-electron chi connectivity index (χ4n) is 1.99. The second kappa shape index (κ2) is 7.61. The van der Waals surface area contributed by atoms with Crippen LogP contribution in [-0.2, 0) is 17.8 Å². The number of nitriles is 1. The molecule has 0 heterocycles. The standard InChI is InChI=1S/C17H15BrN2O/c18-16-6-2-3-13(10-16)7-8-17(21)20-12-15-5-1-4-14(9-15)11-19/h1-6,9-10H,7-8,12H2,(H,20,21). The minimum absolute atomic E-state index is 0.0114. The van der Waals surface area contributed by atoms with Crippen molar-refractivity contribution in [3.63, 3.8) is 0 Å². The van der Waals surface area contributed by atoms with Crippen LogP contribution in [0.4, 0.5) is 0 Å². The number of carbonyl (C=O) groups excluding carboxylic acids is 1. The van der Waals surface area contributed by atoms with E-state index < -0.39 is 0 Å². The Morgan fingerprint density at radius 3 is 2.67 bits per heavy atom. The molecule has 0 unspecified atom stereocenters. The molecule has 0 spiro atoms. The highest BCUT2D eigenvalue weighted by Crippen LogP contribution is 2.13. The maximum atomic E-state index is 11.8. The Morgan fingerprint density at radius 2 is 1.90 bits per heavy atom. The monoisotopic (exact) mass is 342 g/mol. The summed E-state index contributed by atoms with van der Waals surface area (Å²) in [6, 6.07) is 17.3. The van der Waals surface area contributed by atoms with Crippen LogP contribution in [-0.4, -0.2) is 5.91 Å².